The third-order valence-electron chi connectivity index (χ3n) is 5.94. The number of amides is 1. The summed E-state index contributed by atoms with van der Waals surface area (Å²) in [6.45, 7) is 2.96. The maximum absolute atomic E-state index is 12.1. The molecule has 1 N–H and O–H groups in total. The van der Waals surface area contributed by atoms with Crippen LogP contribution in [0.25, 0.3) is 17.2 Å². The summed E-state index contributed by atoms with van der Waals surface area (Å²) in [5, 5.41) is 2.97. The fourth-order valence-electron chi connectivity index (χ4n) is 4.20. The second-order valence-electron chi connectivity index (χ2n) is 8.53. The van der Waals surface area contributed by atoms with Crippen molar-refractivity contribution in [2.24, 2.45) is 0 Å². The van der Waals surface area contributed by atoms with E-state index >= 15 is 0 Å². The predicted molar refractivity (Wildman–Crippen MR) is 133 cm³/mol. The second-order valence-corrected chi connectivity index (χ2v) is 8.53. The van der Waals surface area contributed by atoms with Crippen molar-refractivity contribution in [1.82, 2.24) is 5.32 Å². The molecule has 0 aromatic heterocycles. The monoisotopic (exact) mass is 441 g/mol. The van der Waals surface area contributed by atoms with Crippen LogP contribution in [-0.4, -0.2) is 24.8 Å². The number of benzene rings is 3. The first kappa shape index (κ1) is 22.8. The highest BCUT2D eigenvalue weighted by molar-refractivity contribution is 5.75. The van der Waals surface area contributed by atoms with Gasteiger partial charge in [-0.2, -0.15) is 0 Å². The molecule has 0 spiro atoms. The lowest BCUT2D eigenvalue weighted by atomic mass is 9.97. The molecule has 1 amide bonds. The first-order valence-corrected chi connectivity index (χ1v) is 11.6. The molecule has 33 heavy (non-hydrogen) atoms. The topological polar surface area (TPSA) is 47.6 Å². The van der Waals surface area contributed by atoms with Gasteiger partial charge in [0.25, 0.3) is 0 Å². The summed E-state index contributed by atoms with van der Waals surface area (Å²) in [6.07, 6.45) is 6.66. The first-order chi connectivity index (χ1) is 16.2. The molecule has 3 aromatic rings. The van der Waals surface area contributed by atoms with Crippen LogP contribution in [0, 0.1) is 6.92 Å². The van der Waals surface area contributed by atoms with Gasteiger partial charge in [0.2, 0.25) is 0 Å². The molecule has 4 heteroatoms. The van der Waals surface area contributed by atoms with Crippen LogP contribution >= 0.6 is 0 Å². The van der Waals surface area contributed by atoms with E-state index in [9.17, 15) is 4.79 Å². The van der Waals surface area contributed by atoms with Crippen LogP contribution in [-0.2, 0) is 16.1 Å². The van der Waals surface area contributed by atoms with Crippen molar-refractivity contribution in [3.8, 4) is 11.1 Å². The molecule has 0 bridgehead atoms. The van der Waals surface area contributed by atoms with E-state index in [0.717, 1.165) is 24.8 Å². The molecule has 0 saturated heterocycles. The minimum Gasteiger partial charge on any atom is -0.445 e. The van der Waals surface area contributed by atoms with E-state index in [0.29, 0.717) is 6.61 Å². The molecule has 0 aliphatic heterocycles. The van der Waals surface area contributed by atoms with Gasteiger partial charge in [0.15, 0.2) is 0 Å². The van der Waals surface area contributed by atoms with E-state index < -0.39 is 0 Å². The largest absolute Gasteiger partial charge is 0.445 e. The number of ether oxygens (including phenoxy) is 2. The van der Waals surface area contributed by atoms with Crippen molar-refractivity contribution in [3.05, 3.63) is 102 Å². The molecule has 2 unspecified atom stereocenters. The average molecular weight is 442 g/mol. The fourth-order valence-corrected chi connectivity index (χ4v) is 4.20. The minimum absolute atomic E-state index is 0.101. The molecule has 1 aliphatic rings. The van der Waals surface area contributed by atoms with E-state index in [-0.39, 0.29) is 24.8 Å². The van der Waals surface area contributed by atoms with Crippen molar-refractivity contribution >= 4 is 12.2 Å². The van der Waals surface area contributed by atoms with Crippen LogP contribution in [0.5, 0.6) is 0 Å². The lowest BCUT2D eigenvalue weighted by molar-refractivity contribution is 0.0778. The van der Waals surface area contributed by atoms with Crippen molar-refractivity contribution in [2.75, 3.05) is 6.61 Å². The van der Waals surface area contributed by atoms with Crippen molar-refractivity contribution in [3.63, 3.8) is 0 Å². The fraction of sp³-hybridized carbons (Fsp3) is 0.276. The van der Waals surface area contributed by atoms with Gasteiger partial charge in [-0.15, -0.1) is 0 Å². The van der Waals surface area contributed by atoms with Crippen molar-refractivity contribution in [1.29, 1.82) is 0 Å². The Morgan fingerprint density at radius 2 is 1.76 bits per heavy atom. The van der Waals surface area contributed by atoms with Gasteiger partial charge < -0.3 is 14.8 Å². The molecule has 3 aromatic carbocycles. The van der Waals surface area contributed by atoms with Crippen molar-refractivity contribution < 1.29 is 14.3 Å². The Labute approximate surface area is 196 Å². The summed E-state index contributed by atoms with van der Waals surface area (Å²) >= 11 is 0. The standard InChI is InChI=1S/C29H31NO3/c1-22-14-15-25(28(19-22)24-11-6-3-7-12-24)13-8-18-32-27-17-16-26(20-27)30-29(31)33-21-23-9-4-2-5-10-23/h2-15,19,26-27H,16-18,20-21H2,1H3,(H,30,31)/b13-8+. The molecule has 1 saturated carbocycles. The molecule has 4 nitrogen and oxygen atoms in total. The Bertz CT molecular complexity index is 1060. The number of alkyl carbamates (subject to hydrolysis) is 1. The van der Waals surface area contributed by atoms with Gasteiger partial charge in [-0.25, -0.2) is 4.79 Å². The maximum Gasteiger partial charge on any atom is 0.407 e. The molecule has 4 rings (SSSR count). The Morgan fingerprint density at radius 3 is 2.55 bits per heavy atom. The van der Waals surface area contributed by atoms with E-state index in [1.54, 1.807) is 0 Å². The molecule has 2 atom stereocenters. The smallest absolute Gasteiger partial charge is 0.407 e. The lowest BCUT2D eigenvalue weighted by Gasteiger charge is -2.14. The number of carbonyl (C=O) groups is 1. The van der Waals surface area contributed by atoms with Crippen LogP contribution in [0.4, 0.5) is 4.79 Å². The van der Waals surface area contributed by atoms with E-state index in [4.69, 9.17) is 9.47 Å². The average Bonchev–Trinajstić information content (AvgIpc) is 3.29. The van der Waals surface area contributed by atoms with Gasteiger partial charge in [0, 0.05) is 6.04 Å². The number of rotatable bonds is 8. The van der Waals surface area contributed by atoms with Gasteiger partial charge in [-0.1, -0.05) is 96.6 Å². The Balaban J connectivity index is 1.22. The van der Waals surface area contributed by atoms with Gasteiger partial charge in [0.1, 0.15) is 6.61 Å². The number of nitrogens with one attached hydrogen (secondary N) is 1. The SMILES string of the molecule is Cc1ccc(/C=C/COC2CCC(NC(=O)OCc3ccccc3)C2)c(-c2ccccc2)c1. The number of aryl methyl sites for hydroxylation is 1. The molecule has 1 fully saturated rings. The van der Waals surface area contributed by atoms with Gasteiger partial charge in [0.05, 0.1) is 12.7 Å². The predicted octanol–water partition coefficient (Wildman–Crippen LogP) is 6.54. The normalized spacial score (nSPS) is 17.8. The van der Waals surface area contributed by atoms with Crippen LogP contribution in [0.15, 0.2) is 84.9 Å². The second kappa shape index (κ2) is 11.5. The summed E-state index contributed by atoms with van der Waals surface area (Å²) in [5.74, 6) is 0. The number of hydrogen-bond acceptors (Lipinski definition) is 3. The summed E-state index contributed by atoms with van der Waals surface area (Å²) in [4.78, 5) is 12.1. The minimum atomic E-state index is -0.364. The lowest BCUT2D eigenvalue weighted by Crippen LogP contribution is -2.33. The van der Waals surface area contributed by atoms with E-state index in [1.165, 1.54) is 22.3 Å². The summed E-state index contributed by atoms with van der Waals surface area (Å²) < 4.78 is 11.4. The van der Waals surface area contributed by atoms with E-state index in [2.05, 4.69) is 66.9 Å². The molecule has 0 heterocycles. The summed E-state index contributed by atoms with van der Waals surface area (Å²) in [5.41, 5.74) is 5.85. The van der Waals surface area contributed by atoms with Crippen LogP contribution in [0.2, 0.25) is 0 Å². The highest BCUT2D eigenvalue weighted by Gasteiger charge is 2.26. The zero-order valence-corrected chi connectivity index (χ0v) is 19.1. The third-order valence-corrected chi connectivity index (χ3v) is 5.94. The zero-order chi connectivity index (χ0) is 22.9. The quantitative estimate of drug-likeness (QED) is 0.432. The van der Waals surface area contributed by atoms with Crippen molar-refractivity contribution in [2.45, 2.75) is 44.9 Å². The highest BCUT2D eigenvalue weighted by Crippen LogP contribution is 2.26. The highest BCUT2D eigenvalue weighted by atomic mass is 16.5. The van der Waals surface area contributed by atoms with Crippen LogP contribution in [0.3, 0.4) is 0 Å². The van der Waals surface area contributed by atoms with Gasteiger partial charge >= 0.3 is 6.09 Å². The van der Waals surface area contributed by atoms with Crippen LogP contribution in [0.1, 0.15) is 36.0 Å². The van der Waals surface area contributed by atoms with Gasteiger partial charge in [-0.05, 0) is 48.4 Å². The Hall–Kier alpha value is -3.37. The molecule has 0 radical (unpaired) electrons. The number of carbonyl (C=O) groups excluding carboxylic acids is 1. The van der Waals surface area contributed by atoms with Gasteiger partial charge in [-0.3, -0.25) is 0 Å². The maximum atomic E-state index is 12.1. The van der Waals surface area contributed by atoms with Crippen LogP contribution < -0.4 is 5.32 Å². The molecule has 170 valence electrons. The Morgan fingerprint density at radius 1 is 1.00 bits per heavy atom. The summed E-state index contributed by atoms with van der Waals surface area (Å²) in [6, 6.07) is 26.8. The van der Waals surface area contributed by atoms with E-state index in [1.807, 2.05) is 36.4 Å². The zero-order valence-electron chi connectivity index (χ0n) is 19.1. The third kappa shape index (κ3) is 6.80. The Kier molecular flexibility index (Phi) is 7.94. The molecular weight excluding hydrogens is 410 g/mol. The number of hydrogen-bond donors (Lipinski definition) is 1. The first-order valence-electron chi connectivity index (χ1n) is 11.6. The molecular formula is C29H31NO3. The molecule has 1 aliphatic carbocycles. The summed E-state index contributed by atoms with van der Waals surface area (Å²) in [7, 11) is 0.